The van der Waals surface area contributed by atoms with E-state index in [2.05, 4.69) is 15.8 Å². The van der Waals surface area contributed by atoms with E-state index in [4.69, 9.17) is 40.2 Å². The average Bonchev–Trinajstić information content (AvgIpc) is 3.00. The molecule has 22 heavy (non-hydrogen) atoms. The Morgan fingerprint density at radius 1 is 1.45 bits per heavy atom. The molecule has 0 aliphatic carbocycles. The van der Waals surface area contributed by atoms with E-state index in [-0.39, 0.29) is 6.10 Å². The lowest BCUT2D eigenvalue weighted by Gasteiger charge is -2.13. The van der Waals surface area contributed by atoms with Gasteiger partial charge in [0.05, 0.1) is 16.8 Å². The number of benzene rings is 1. The smallest absolute Gasteiger partial charge is 0.187 e. The monoisotopic (exact) mass is 359 g/mol. The third kappa shape index (κ3) is 5.09. The van der Waals surface area contributed by atoms with Crippen LogP contribution in [0.25, 0.3) is 0 Å². The molecule has 4 nitrogen and oxygen atoms in total. The second kappa shape index (κ2) is 8.67. The van der Waals surface area contributed by atoms with Crippen molar-refractivity contribution < 1.29 is 4.74 Å². The topological polar surface area (TPSA) is 45.7 Å². The van der Waals surface area contributed by atoms with Crippen LogP contribution in [0.2, 0.25) is 10.0 Å². The summed E-state index contributed by atoms with van der Waals surface area (Å²) >= 11 is 17.3. The predicted octanol–water partition coefficient (Wildman–Crippen LogP) is 3.75. The molecule has 120 valence electrons. The van der Waals surface area contributed by atoms with Crippen LogP contribution in [0.3, 0.4) is 0 Å². The SMILES string of the molecule is CC/C(=N/NC(=S)NC[C@H]1CCCO1)c1ccc(Cl)cc1Cl. The zero-order valence-corrected chi connectivity index (χ0v) is 14.7. The lowest BCUT2D eigenvalue weighted by molar-refractivity contribution is 0.114. The van der Waals surface area contributed by atoms with Crippen molar-refractivity contribution in [2.45, 2.75) is 32.3 Å². The van der Waals surface area contributed by atoms with Gasteiger partial charge in [-0.1, -0.05) is 36.2 Å². The van der Waals surface area contributed by atoms with Gasteiger partial charge < -0.3 is 10.1 Å². The quantitative estimate of drug-likeness (QED) is 0.477. The van der Waals surface area contributed by atoms with E-state index in [0.717, 1.165) is 37.1 Å². The third-order valence-electron chi connectivity index (χ3n) is 3.38. The van der Waals surface area contributed by atoms with Gasteiger partial charge in [0.15, 0.2) is 5.11 Å². The minimum Gasteiger partial charge on any atom is -0.376 e. The third-order valence-corrected chi connectivity index (χ3v) is 4.17. The van der Waals surface area contributed by atoms with Crippen molar-refractivity contribution in [3.8, 4) is 0 Å². The van der Waals surface area contributed by atoms with Crippen LogP contribution in [0.4, 0.5) is 0 Å². The van der Waals surface area contributed by atoms with Crippen molar-refractivity contribution >= 4 is 46.2 Å². The number of hydrogen-bond acceptors (Lipinski definition) is 3. The normalized spacial score (nSPS) is 18.3. The van der Waals surface area contributed by atoms with Crippen molar-refractivity contribution in [3.63, 3.8) is 0 Å². The molecule has 0 radical (unpaired) electrons. The minimum absolute atomic E-state index is 0.236. The van der Waals surface area contributed by atoms with Crippen molar-refractivity contribution in [2.24, 2.45) is 5.10 Å². The summed E-state index contributed by atoms with van der Waals surface area (Å²) in [6, 6.07) is 5.36. The summed E-state index contributed by atoms with van der Waals surface area (Å²) in [5, 5.41) is 9.11. The number of nitrogens with one attached hydrogen (secondary N) is 2. The highest BCUT2D eigenvalue weighted by atomic mass is 35.5. The number of hydrogen-bond donors (Lipinski definition) is 2. The van der Waals surface area contributed by atoms with E-state index in [1.165, 1.54) is 0 Å². The highest BCUT2D eigenvalue weighted by Gasteiger charge is 2.15. The van der Waals surface area contributed by atoms with Crippen LogP contribution in [0, 0.1) is 0 Å². The van der Waals surface area contributed by atoms with Crippen molar-refractivity contribution in [1.29, 1.82) is 0 Å². The fraction of sp³-hybridized carbons (Fsp3) is 0.467. The predicted molar refractivity (Wildman–Crippen MR) is 96.0 cm³/mol. The van der Waals surface area contributed by atoms with Gasteiger partial charge in [-0.3, -0.25) is 5.43 Å². The van der Waals surface area contributed by atoms with Crippen molar-refractivity contribution in [1.82, 2.24) is 10.7 Å². The van der Waals surface area contributed by atoms with Crippen molar-refractivity contribution in [2.75, 3.05) is 13.2 Å². The molecule has 1 saturated heterocycles. The van der Waals surface area contributed by atoms with Gasteiger partial charge in [-0.2, -0.15) is 5.10 Å². The molecule has 7 heteroatoms. The van der Waals surface area contributed by atoms with Crippen LogP contribution in [0.1, 0.15) is 31.7 Å². The van der Waals surface area contributed by atoms with E-state index in [9.17, 15) is 0 Å². The average molecular weight is 360 g/mol. The van der Waals surface area contributed by atoms with E-state index in [1.54, 1.807) is 12.1 Å². The zero-order chi connectivity index (χ0) is 15.9. The molecule has 2 rings (SSSR count). The minimum atomic E-state index is 0.236. The molecular weight excluding hydrogens is 341 g/mol. The second-order valence-corrected chi connectivity index (χ2v) is 6.24. The Hall–Kier alpha value is -0.880. The van der Waals surface area contributed by atoms with E-state index < -0.39 is 0 Å². The van der Waals surface area contributed by atoms with Crippen LogP contribution in [0.5, 0.6) is 0 Å². The largest absolute Gasteiger partial charge is 0.376 e. The van der Waals surface area contributed by atoms with Crippen LogP contribution in [0.15, 0.2) is 23.3 Å². The summed E-state index contributed by atoms with van der Waals surface area (Å²) in [4.78, 5) is 0. The fourth-order valence-electron chi connectivity index (χ4n) is 2.22. The van der Waals surface area contributed by atoms with Gasteiger partial charge in [-0.05, 0) is 43.6 Å². The maximum Gasteiger partial charge on any atom is 0.187 e. The molecule has 1 aliphatic rings. The Kier molecular flexibility index (Phi) is 6.89. The lowest BCUT2D eigenvalue weighted by Crippen LogP contribution is -2.37. The highest BCUT2D eigenvalue weighted by Crippen LogP contribution is 2.22. The summed E-state index contributed by atoms with van der Waals surface area (Å²) < 4.78 is 5.53. The first kappa shape index (κ1) is 17.5. The molecule has 0 spiro atoms. The molecule has 0 unspecified atom stereocenters. The number of ether oxygens (including phenoxy) is 1. The maximum absolute atomic E-state index is 6.21. The molecule has 1 atom stereocenters. The first-order valence-electron chi connectivity index (χ1n) is 7.27. The van der Waals surface area contributed by atoms with Crippen LogP contribution < -0.4 is 10.7 Å². The molecule has 0 aromatic heterocycles. The Morgan fingerprint density at radius 3 is 2.91 bits per heavy atom. The Bertz CT molecular complexity index is 560. The number of nitrogens with zero attached hydrogens (tertiary/aromatic N) is 1. The fourth-order valence-corrected chi connectivity index (χ4v) is 2.87. The van der Waals surface area contributed by atoms with Crippen LogP contribution >= 0.6 is 35.4 Å². The first-order chi connectivity index (χ1) is 10.6. The molecule has 1 aromatic carbocycles. The van der Waals surface area contributed by atoms with Gasteiger partial charge in [0.2, 0.25) is 0 Å². The molecule has 0 saturated carbocycles. The van der Waals surface area contributed by atoms with Gasteiger partial charge in [-0.15, -0.1) is 0 Å². The van der Waals surface area contributed by atoms with Gasteiger partial charge >= 0.3 is 0 Å². The second-order valence-electron chi connectivity index (χ2n) is 4.99. The molecule has 1 fully saturated rings. The summed E-state index contributed by atoms with van der Waals surface area (Å²) in [5.74, 6) is 0. The zero-order valence-electron chi connectivity index (χ0n) is 12.4. The van der Waals surface area contributed by atoms with Gasteiger partial charge in [-0.25, -0.2) is 0 Å². The van der Waals surface area contributed by atoms with Crippen LogP contribution in [-0.2, 0) is 4.74 Å². The molecule has 1 heterocycles. The molecule has 0 amide bonds. The molecule has 0 bridgehead atoms. The number of halogens is 2. The van der Waals surface area contributed by atoms with Gasteiger partial charge in [0, 0.05) is 23.7 Å². The van der Waals surface area contributed by atoms with E-state index >= 15 is 0 Å². The van der Waals surface area contributed by atoms with Gasteiger partial charge in [0.25, 0.3) is 0 Å². The summed E-state index contributed by atoms with van der Waals surface area (Å²) in [6.07, 6.45) is 3.14. The molecule has 1 aromatic rings. The van der Waals surface area contributed by atoms with E-state index in [1.807, 2.05) is 13.0 Å². The Labute approximate surface area is 146 Å². The van der Waals surface area contributed by atoms with Crippen molar-refractivity contribution in [3.05, 3.63) is 33.8 Å². The molecule has 1 aliphatic heterocycles. The van der Waals surface area contributed by atoms with E-state index in [0.29, 0.717) is 21.7 Å². The summed E-state index contributed by atoms with van der Waals surface area (Å²) in [6.45, 7) is 3.54. The summed E-state index contributed by atoms with van der Waals surface area (Å²) in [5.41, 5.74) is 4.53. The lowest BCUT2D eigenvalue weighted by atomic mass is 10.1. The number of thiocarbonyl (C=S) groups is 1. The van der Waals surface area contributed by atoms with Crippen LogP contribution in [-0.4, -0.2) is 30.1 Å². The molecular formula is C15H19Cl2N3OS. The highest BCUT2D eigenvalue weighted by molar-refractivity contribution is 7.80. The standard InChI is InChI=1S/C15H19Cl2N3OS/c1-2-14(12-6-5-10(16)8-13(12)17)19-20-15(22)18-9-11-4-3-7-21-11/h5-6,8,11H,2-4,7,9H2,1H3,(H2,18,20,22)/b19-14-/t11-/m1/s1. The maximum atomic E-state index is 6.21. The van der Waals surface area contributed by atoms with Gasteiger partial charge in [0.1, 0.15) is 0 Å². The Balaban J connectivity index is 1.92. The molecule has 2 N–H and O–H groups in total. The Morgan fingerprint density at radius 2 is 2.27 bits per heavy atom. The number of rotatable bonds is 5. The number of hydrazone groups is 1. The summed E-state index contributed by atoms with van der Waals surface area (Å²) in [7, 11) is 0. The first-order valence-corrected chi connectivity index (χ1v) is 8.44.